The molecule has 0 saturated carbocycles. The Bertz CT molecular complexity index is 445. The first kappa shape index (κ1) is 18.9. The van der Waals surface area contributed by atoms with Gasteiger partial charge < -0.3 is 18.9 Å². The molecule has 8 nitrogen and oxygen atoms in total. The largest absolute Gasteiger partial charge is 0.370 e. The number of hydrogen-bond donors (Lipinski definition) is 0. The maximum atomic E-state index is 10.1. The second-order valence-electron chi connectivity index (χ2n) is 6.09. The van der Waals surface area contributed by atoms with Gasteiger partial charge in [0.25, 0.3) is 0 Å². The van der Waals surface area contributed by atoms with E-state index in [1.165, 1.54) is 12.2 Å². The molecule has 0 amide bonds. The molecule has 0 N–H and O–H groups in total. The molecule has 0 aromatic heterocycles. The van der Waals surface area contributed by atoms with Gasteiger partial charge in [0.15, 0.2) is 0 Å². The minimum atomic E-state index is -0.146. The minimum absolute atomic E-state index is 0.0434. The lowest BCUT2D eigenvalue weighted by Crippen LogP contribution is -2.36. The SMILES string of the molecule is CC(CCN=C=O)OC1COC2C(OC(C)CCN=C=O)COC12. The summed E-state index contributed by atoms with van der Waals surface area (Å²) in [6.45, 7) is 5.60. The quantitative estimate of drug-likeness (QED) is 0.431. The van der Waals surface area contributed by atoms with Gasteiger partial charge in [-0.1, -0.05) is 0 Å². The Morgan fingerprint density at radius 3 is 1.71 bits per heavy atom. The summed E-state index contributed by atoms with van der Waals surface area (Å²) in [6.07, 6.45) is 3.67. The molecule has 2 aliphatic heterocycles. The number of hydrogen-bond acceptors (Lipinski definition) is 8. The average Bonchev–Trinajstić information content (AvgIpc) is 3.12. The molecule has 2 fully saturated rings. The van der Waals surface area contributed by atoms with Gasteiger partial charge >= 0.3 is 0 Å². The monoisotopic (exact) mass is 340 g/mol. The zero-order valence-corrected chi connectivity index (χ0v) is 14.1. The molecule has 6 atom stereocenters. The summed E-state index contributed by atoms with van der Waals surface area (Å²) in [5, 5.41) is 0. The second-order valence-corrected chi connectivity index (χ2v) is 6.09. The molecule has 0 radical (unpaired) electrons. The summed E-state index contributed by atoms with van der Waals surface area (Å²) in [7, 11) is 0. The van der Waals surface area contributed by atoms with Crippen LogP contribution in [0.25, 0.3) is 0 Å². The summed E-state index contributed by atoms with van der Waals surface area (Å²) >= 11 is 0. The van der Waals surface area contributed by atoms with Crippen LogP contribution >= 0.6 is 0 Å². The van der Waals surface area contributed by atoms with E-state index in [4.69, 9.17) is 18.9 Å². The van der Waals surface area contributed by atoms with Gasteiger partial charge in [-0.3, -0.25) is 0 Å². The Morgan fingerprint density at radius 1 is 0.917 bits per heavy atom. The minimum Gasteiger partial charge on any atom is -0.370 e. The maximum Gasteiger partial charge on any atom is 0.234 e. The first-order chi connectivity index (χ1) is 11.7. The van der Waals surface area contributed by atoms with Crippen LogP contribution in [0.15, 0.2) is 9.98 Å². The van der Waals surface area contributed by atoms with Crippen molar-refractivity contribution in [3.8, 4) is 0 Å². The van der Waals surface area contributed by atoms with Crippen LogP contribution in [-0.4, -0.2) is 75.1 Å². The molecule has 2 aliphatic rings. The van der Waals surface area contributed by atoms with Crippen molar-refractivity contribution in [3.05, 3.63) is 0 Å². The highest BCUT2D eigenvalue weighted by atomic mass is 16.6. The van der Waals surface area contributed by atoms with Crippen LogP contribution < -0.4 is 0 Å². The van der Waals surface area contributed by atoms with Crippen molar-refractivity contribution in [3.63, 3.8) is 0 Å². The Kier molecular flexibility index (Phi) is 7.72. The predicted molar refractivity (Wildman–Crippen MR) is 83.4 cm³/mol. The van der Waals surface area contributed by atoms with Crippen molar-refractivity contribution in [2.24, 2.45) is 9.98 Å². The molecular weight excluding hydrogens is 316 g/mol. The van der Waals surface area contributed by atoms with Gasteiger partial charge in [-0.05, 0) is 26.7 Å². The molecule has 0 aromatic rings. The Morgan fingerprint density at radius 2 is 1.33 bits per heavy atom. The van der Waals surface area contributed by atoms with E-state index < -0.39 is 0 Å². The van der Waals surface area contributed by atoms with Crippen LogP contribution in [0.2, 0.25) is 0 Å². The molecule has 0 aliphatic carbocycles. The zero-order valence-electron chi connectivity index (χ0n) is 14.1. The number of aliphatic imine (C=N–C) groups is 2. The standard InChI is InChI=1S/C16H24N2O6/c1-11(3-5-17-9-19)23-13-7-21-16-14(8-22-15(13)16)24-12(2)4-6-18-10-20/h11-16H,3-8H2,1-2H3. The fourth-order valence-corrected chi connectivity index (χ4v) is 2.98. The van der Waals surface area contributed by atoms with Gasteiger partial charge in [0, 0.05) is 0 Å². The van der Waals surface area contributed by atoms with Crippen molar-refractivity contribution < 1.29 is 28.5 Å². The first-order valence-corrected chi connectivity index (χ1v) is 8.27. The molecule has 8 heteroatoms. The van der Waals surface area contributed by atoms with E-state index in [0.717, 1.165) is 0 Å². The van der Waals surface area contributed by atoms with Crippen LogP contribution in [-0.2, 0) is 28.5 Å². The van der Waals surface area contributed by atoms with Crippen molar-refractivity contribution in [2.45, 2.75) is 63.3 Å². The average molecular weight is 340 g/mol. The zero-order chi connectivity index (χ0) is 17.4. The lowest BCUT2D eigenvalue weighted by atomic mass is 10.1. The lowest BCUT2D eigenvalue weighted by Gasteiger charge is -2.22. The van der Waals surface area contributed by atoms with Crippen LogP contribution in [0.4, 0.5) is 0 Å². The van der Waals surface area contributed by atoms with Gasteiger partial charge in [0.1, 0.15) is 24.4 Å². The number of isocyanates is 2. The topological polar surface area (TPSA) is 95.8 Å². The van der Waals surface area contributed by atoms with Gasteiger partial charge in [-0.25, -0.2) is 19.6 Å². The third-order valence-electron chi connectivity index (χ3n) is 4.20. The third-order valence-corrected chi connectivity index (χ3v) is 4.20. The van der Waals surface area contributed by atoms with Crippen LogP contribution in [0.3, 0.4) is 0 Å². The van der Waals surface area contributed by atoms with E-state index >= 15 is 0 Å². The Labute approximate surface area is 141 Å². The summed E-state index contributed by atoms with van der Waals surface area (Å²) in [5.74, 6) is 0. The fourth-order valence-electron chi connectivity index (χ4n) is 2.98. The van der Waals surface area contributed by atoms with Crippen molar-refractivity contribution in [1.82, 2.24) is 0 Å². The molecule has 2 heterocycles. The lowest BCUT2D eigenvalue weighted by molar-refractivity contribution is -0.0821. The van der Waals surface area contributed by atoms with Crippen molar-refractivity contribution in [2.75, 3.05) is 26.3 Å². The summed E-state index contributed by atoms with van der Waals surface area (Å²) in [5.41, 5.74) is 0. The fraction of sp³-hybridized carbons (Fsp3) is 0.875. The molecule has 0 aromatic carbocycles. The summed E-state index contributed by atoms with van der Waals surface area (Å²) in [4.78, 5) is 27.2. The number of rotatable bonds is 10. The molecule has 2 rings (SSSR count). The third kappa shape index (κ3) is 5.31. The number of carbonyl (C=O) groups excluding carboxylic acids is 2. The maximum absolute atomic E-state index is 10.1. The van der Waals surface area contributed by atoms with E-state index in [1.54, 1.807) is 0 Å². The van der Waals surface area contributed by atoms with E-state index in [0.29, 0.717) is 39.1 Å². The van der Waals surface area contributed by atoms with Crippen LogP contribution in [0, 0.1) is 0 Å². The molecule has 0 bridgehead atoms. The number of fused-ring (bicyclic) bond motifs is 1. The van der Waals surface area contributed by atoms with E-state index in [1.807, 2.05) is 13.8 Å². The Hall–Kier alpha value is -1.40. The van der Waals surface area contributed by atoms with Gasteiger partial charge in [0.05, 0.1) is 38.5 Å². The molecule has 2 saturated heterocycles. The highest BCUT2D eigenvalue weighted by molar-refractivity contribution is 5.32. The molecular formula is C16H24N2O6. The van der Waals surface area contributed by atoms with Crippen LogP contribution in [0.1, 0.15) is 26.7 Å². The van der Waals surface area contributed by atoms with Gasteiger partial charge in [-0.2, -0.15) is 0 Å². The van der Waals surface area contributed by atoms with E-state index in [2.05, 4.69) is 9.98 Å². The van der Waals surface area contributed by atoms with Gasteiger partial charge in [0.2, 0.25) is 12.2 Å². The smallest absolute Gasteiger partial charge is 0.234 e. The predicted octanol–water partition coefficient (Wildman–Crippen LogP) is 0.783. The summed E-state index contributed by atoms with van der Waals surface area (Å²) < 4.78 is 23.5. The van der Waals surface area contributed by atoms with Crippen molar-refractivity contribution in [1.29, 1.82) is 0 Å². The molecule has 24 heavy (non-hydrogen) atoms. The summed E-state index contributed by atoms with van der Waals surface area (Å²) in [6, 6.07) is 0. The molecule has 6 unspecified atom stereocenters. The van der Waals surface area contributed by atoms with Gasteiger partial charge in [-0.15, -0.1) is 0 Å². The number of nitrogens with zero attached hydrogens (tertiary/aromatic N) is 2. The highest BCUT2D eigenvalue weighted by Crippen LogP contribution is 2.32. The van der Waals surface area contributed by atoms with E-state index in [9.17, 15) is 9.59 Å². The Balaban J connectivity index is 1.76. The molecule has 0 spiro atoms. The second kappa shape index (κ2) is 9.79. The first-order valence-electron chi connectivity index (χ1n) is 8.27. The molecule has 134 valence electrons. The van der Waals surface area contributed by atoms with Crippen LogP contribution in [0.5, 0.6) is 0 Å². The van der Waals surface area contributed by atoms with E-state index in [-0.39, 0.29) is 36.6 Å². The van der Waals surface area contributed by atoms with Crippen molar-refractivity contribution >= 4 is 12.2 Å². The number of ether oxygens (including phenoxy) is 4. The highest BCUT2D eigenvalue weighted by Gasteiger charge is 2.49. The normalized spacial score (nSPS) is 30.9.